The van der Waals surface area contributed by atoms with Crippen molar-refractivity contribution in [1.82, 2.24) is 0 Å². The molecule has 1 aromatic rings. The summed E-state index contributed by atoms with van der Waals surface area (Å²) >= 11 is 0. The first-order chi connectivity index (χ1) is 7.25. The van der Waals surface area contributed by atoms with Crippen molar-refractivity contribution in [3.8, 4) is 0 Å². The van der Waals surface area contributed by atoms with Crippen LogP contribution in [0.25, 0.3) is 0 Å². The molecule has 1 N–H and O–H groups in total. The Morgan fingerprint density at radius 3 is 2.47 bits per heavy atom. The molecule has 1 heteroatoms. The molecule has 0 bridgehead atoms. The summed E-state index contributed by atoms with van der Waals surface area (Å²) in [6.45, 7) is 4.81. The van der Waals surface area contributed by atoms with Crippen LogP contribution in [-0.4, -0.2) is 11.7 Å². The molecule has 0 aliphatic heterocycles. The molecule has 0 amide bonds. The fourth-order valence-electron chi connectivity index (χ4n) is 1.93. The van der Waals surface area contributed by atoms with Gasteiger partial charge in [-0.1, -0.05) is 44.5 Å². The van der Waals surface area contributed by atoms with Gasteiger partial charge in [-0.15, -0.1) is 0 Å². The van der Waals surface area contributed by atoms with E-state index in [-0.39, 0.29) is 0 Å². The number of unbranched alkanes of at least 4 members (excludes halogenated alkanes) is 2. The van der Waals surface area contributed by atoms with Crippen LogP contribution in [0.5, 0.6) is 0 Å². The zero-order valence-electron chi connectivity index (χ0n) is 9.87. The van der Waals surface area contributed by atoms with E-state index in [4.69, 9.17) is 5.11 Å². The highest BCUT2D eigenvalue weighted by molar-refractivity contribution is 5.29. The zero-order valence-corrected chi connectivity index (χ0v) is 9.87. The highest BCUT2D eigenvalue weighted by Crippen LogP contribution is 2.20. The van der Waals surface area contributed by atoms with Crippen molar-refractivity contribution in [3.63, 3.8) is 0 Å². The normalized spacial score (nSPS) is 10.9. The first-order valence-electron chi connectivity index (χ1n) is 5.94. The molecule has 0 aliphatic carbocycles. The van der Waals surface area contributed by atoms with Gasteiger partial charge in [-0.3, -0.25) is 0 Å². The monoisotopic (exact) mass is 206 g/mol. The molecular formula is C14H22O. The highest BCUT2D eigenvalue weighted by Gasteiger charge is 2.04. The molecule has 1 aromatic carbocycles. The topological polar surface area (TPSA) is 20.2 Å². The molecule has 1 rings (SSSR count). The summed E-state index contributed by atoms with van der Waals surface area (Å²) in [5.74, 6) is 0.610. The molecule has 0 aliphatic rings. The molecule has 0 saturated carbocycles. The molecule has 84 valence electrons. The Balaban J connectivity index is 2.52. The molecule has 0 saturated heterocycles. The van der Waals surface area contributed by atoms with E-state index in [9.17, 15) is 0 Å². The summed E-state index contributed by atoms with van der Waals surface area (Å²) < 4.78 is 0. The molecule has 15 heavy (non-hydrogen) atoms. The first-order valence-corrected chi connectivity index (χ1v) is 5.94. The summed E-state index contributed by atoms with van der Waals surface area (Å²) in [6.07, 6.45) is 4.39. The molecular weight excluding hydrogens is 184 g/mol. The van der Waals surface area contributed by atoms with Gasteiger partial charge in [0.15, 0.2) is 0 Å². The minimum Gasteiger partial charge on any atom is -0.396 e. The molecule has 0 spiro atoms. The summed E-state index contributed by atoms with van der Waals surface area (Å²) in [6, 6.07) is 8.69. The first kappa shape index (κ1) is 12.3. The van der Waals surface area contributed by atoms with E-state index in [1.54, 1.807) is 0 Å². The standard InChI is InChI=1S/C14H22O/c1-12(2)14-10-6-5-9-13(14)8-4-3-7-11-15/h5-6,9-10,12,15H,3-4,7-8,11H2,1-2H3. The van der Waals surface area contributed by atoms with Crippen LogP contribution < -0.4 is 0 Å². The Kier molecular flexibility index (Phi) is 5.41. The average molecular weight is 206 g/mol. The number of hydrogen-bond acceptors (Lipinski definition) is 1. The van der Waals surface area contributed by atoms with E-state index in [1.807, 2.05) is 0 Å². The Labute approximate surface area is 93.1 Å². The van der Waals surface area contributed by atoms with E-state index >= 15 is 0 Å². The maximum Gasteiger partial charge on any atom is 0.0431 e. The predicted molar refractivity (Wildman–Crippen MR) is 65.2 cm³/mol. The quantitative estimate of drug-likeness (QED) is 0.706. The van der Waals surface area contributed by atoms with Crippen LogP contribution in [0.15, 0.2) is 24.3 Å². The fourth-order valence-corrected chi connectivity index (χ4v) is 1.93. The van der Waals surface area contributed by atoms with Crippen molar-refractivity contribution in [2.24, 2.45) is 0 Å². The van der Waals surface area contributed by atoms with Crippen molar-refractivity contribution < 1.29 is 5.11 Å². The van der Waals surface area contributed by atoms with Crippen LogP contribution in [0.2, 0.25) is 0 Å². The van der Waals surface area contributed by atoms with Crippen LogP contribution in [0.4, 0.5) is 0 Å². The zero-order chi connectivity index (χ0) is 11.1. The lowest BCUT2D eigenvalue weighted by Gasteiger charge is -2.12. The number of aryl methyl sites for hydroxylation is 1. The summed E-state index contributed by atoms with van der Waals surface area (Å²) in [5, 5.41) is 8.71. The van der Waals surface area contributed by atoms with Crippen molar-refractivity contribution >= 4 is 0 Å². The van der Waals surface area contributed by atoms with Crippen molar-refractivity contribution in [2.45, 2.75) is 45.4 Å². The lowest BCUT2D eigenvalue weighted by Crippen LogP contribution is -1.96. The van der Waals surface area contributed by atoms with E-state index in [0.717, 1.165) is 19.3 Å². The minimum absolute atomic E-state index is 0.325. The number of rotatable bonds is 6. The Bertz CT molecular complexity index is 278. The molecule has 1 nitrogen and oxygen atoms in total. The summed E-state index contributed by atoms with van der Waals surface area (Å²) in [5.41, 5.74) is 2.95. The van der Waals surface area contributed by atoms with Gasteiger partial charge in [0.1, 0.15) is 0 Å². The Morgan fingerprint density at radius 2 is 1.80 bits per heavy atom. The molecule has 0 radical (unpaired) electrons. The minimum atomic E-state index is 0.325. The molecule has 0 unspecified atom stereocenters. The van der Waals surface area contributed by atoms with Gasteiger partial charge in [0.2, 0.25) is 0 Å². The number of hydrogen-bond donors (Lipinski definition) is 1. The number of benzene rings is 1. The maximum absolute atomic E-state index is 8.71. The number of aliphatic hydroxyl groups excluding tert-OH is 1. The van der Waals surface area contributed by atoms with Crippen LogP contribution in [-0.2, 0) is 6.42 Å². The van der Waals surface area contributed by atoms with Gasteiger partial charge in [-0.25, -0.2) is 0 Å². The third kappa shape index (κ3) is 4.05. The summed E-state index contributed by atoms with van der Waals surface area (Å²) in [4.78, 5) is 0. The van der Waals surface area contributed by atoms with Gasteiger partial charge in [-0.2, -0.15) is 0 Å². The van der Waals surface area contributed by atoms with Crippen molar-refractivity contribution in [2.75, 3.05) is 6.61 Å². The second-order valence-electron chi connectivity index (χ2n) is 4.39. The van der Waals surface area contributed by atoms with Crippen molar-refractivity contribution in [3.05, 3.63) is 35.4 Å². The van der Waals surface area contributed by atoms with Gasteiger partial charge in [0.05, 0.1) is 0 Å². The largest absolute Gasteiger partial charge is 0.396 e. The Morgan fingerprint density at radius 1 is 1.07 bits per heavy atom. The average Bonchev–Trinajstić information content (AvgIpc) is 2.25. The highest BCUT2D eigenvalue weighted by atomic mass is 16.2. The molecule has 0 fully saturated rings. The van der Waals surface area contributed by atoms with Gasteiger partial charge in [0.25, 0.3) is 0 Å². The lowest BCUT2D eigenvalue weighted by molar-refractivity contribution is 0.283. The third-order valence-electron chi connectivity index (χ3n) is 2.78. The van der Waals surface area contributed by atoms with E-state index in [1.165, 1.54) is 17.5 Å². The second-order valence-corrected chi connectivity index (χ2v) is 4.39. The van der Waals surface area contributed by atoms with Crippen molar-refractivity contribution in [1.29, 1.82) is 0 Å². The van der Waals surface area contributed by atoms with Crippen LogP contribution in [0.1, 0.15) is 50.2 Å². The molecule has 0 aromatic heterocycles. The van der Waals surface area contributed by atoms with Crippen LogP contribution >= 0.6 is 0 Å². The molecule has 0 atom stereocenters. The van der Waals surface area contributed by atoms with Gasteiger partial charge >= 0.3 is 0 Å². The Hall–Kier alpha value is -0.820. The van der Waals surface area contributed by atoms with Gasteiger partial charge < -0.3 is 5.11 Å². The van der Waals surface area contributed by atoms with E-state index < -0.39 is 0 Å². The SMILES string of the molecule is CC(C)c1ccccc1CCCCCO. The molecule has 0 heterocycles. The number of aliphatic hydroxyl groups is 1. The van der Waals surface area contributed by atoms with Gasteiger partial charge in [0, 0.05) is 6.61 Å². The van der Waals surface area contributed by atoms with Crippen LogP contribution in [0, 0.1) is 0 Å². The maximum atomic E-state index is 8.71. The van der Waals surface area contributed by atoms with E-state index in [2.05, 4.69) is 38.1 Å². The summed E-state index contributed by atoms with van der Waals surface area (Å²) in [7, 11) is 0. The second kappa shape index (κ2) is 6.62. The van der Waals surface area contributed by atoms with Crippen LogP contribution in [0.3, 0.4) is 0 Å². The fraction of sp³-hybridized carbons (Fsp3) is 0.571. The van der Waals surface area contributed by atoms with E-state index in [0.29, 0.717) is 12.5 Å². The van der Waals surface area contributed by atoms with Gasteiger partial charge in [-0.05, 0) is 36.3 Å². The third-order valence-corrected chi connectivity index (χ3v) is 2.78. The smallest absolute Gasteiger partial charge is 0.0431 e. The lowest BCUT2D eigenvalue weighted by atomic mass is 9.94. The predicted octanol–water partition coefficient (Wildman–Crippen LogP) is 3.52.